The highest BCUT2D eigenvalue weighted by molar-refractivity contribution is 5.71. The number of nitriles is 1. The third-order valence-corrected chi connectivity index (χ3v) is 5.63. The minimum absolute atomic E-state index is 0.00582. The number of fused-ring (bicyclic) bond motifs is 1. The Bertz CT molecular complexity index is 1310. The number of carboxylic acid groups (broad SMARTS) is 1. The third-order valence-electron chi connectivity index (χ3n) is 5.63. The molecule has 3 aromatic carbocycles. The Kier molecular flexibility index (Phi) is 6.92. The summed E-state index contributed by atoms with van der Waals surface area (Å²) in [6.45, 7) is -0.561. The molecule has 1 amide bonds. The van der Waals surface area contributed by atoms with Crippen LogP contribution in [0.15, 0.2) is 60.7 Å². The number of carbonyl (C=O) groups excluding carboxylic acids is 1. The topological polar surface area (TPSA) is 99.9 Å². The van der Waals surface area contributed by atoms with Gasteiger partial charge in [0.1, 0.15) is 12.4 Å². The average Bonchev–Trinajstić information content (AvgIpc) is 2.86. The molecule has 178 valence electrons. The molecule has 0 saturated heterocycles. The fourth-order valence-corrected chi connectivity index (χ4v) is 4.05. The summed E-state index contributed by atoms with van der Waals surface area (Å²) in [5.74, 6) is -3.25. The lowest BCUT2D eigenvalue weighted by atomic mass is 9.87. The van der Waals surface area contributed by atoms with Crippen molar-refractivity contribution >= 4 is 12.1 Å². The first-order valence-electron chi connectivity index (χ1n) is 10.7. The molecule has 1 aliphatic heterocycles. The van der Waals surface area contributed by atoms with Gasteiger partial charge in [0, 0.05) is 12.1 Å². The summed E-state index contributed by atoms with van der Waals surface area (Å²) in [4.78, 5) is 25.6. The molecule has 0 fully saturated rings. The van der Waals surface area contributed by atoms with Gasteiger partial charge < -0.3 is 14.6 Å². The third kappa shape index (κ3) is 5.22. The number of halogens is 2. The second-order valence-corrected chi connectivity index (χ2v) is 7.90. The second kappa shape index (κ2) is 10.2. The highest BCUT2D eigenvalue weighted by atomic mass is 19.2. The zero-order chi connectivity index (χ0) is 24.9. The largest absolute Gasteiger partial charge is 0.482 e. The van der Waals surface area contributed by atoms with Crippen molar-refractivity contribution in [1.82, 2.24) is 4.90 Å². The molecule has 0 bridgehead atoms. The number of rotatable bonds is 6. The van der Waals surface area contributed by atoms with E-state index in [-0.39, 0.29) is 36.4 Å². The van der Waals surface area contributed by atoms with Gasteiger partial charge in [-0.05, 0) is 53.4 Å². The maximum atomic E-state index is 14.3. The molecule has 4 rings (SSSR count). The van der Waals surface area contributed by atoms with Crippen LogP contribution < -0.4 is 4.74 Å². The molecule has 9 heteroatoms. The summed E-state index contributed by atoms with van der Waals surface area (Å²) in [7, 11) is 0. The molecular weight excluding hydrogens is 458 g/mol. The van der Waals surface area contributed by atoms with Crippen LogP contribution in [0.1, 0.15) is 33.9 Å². The lowest BCUT2D eigenvalue weighted by molar-refractivity contribution is -0.139. The van der Waals surface area contributed by atoms with Gasteiger partial charge in [0.25, 0.3) is 0 Å². The quantitative estimate of drug-likeness (QED) is 0.557. The fourth-order valence-electron chi connectivity index (χ4n) is 4.05. The van der Waals surface area contributed by atoms with Gasteiger partial charge in [-0.15, -0.1) is 0 Å². The summed E-state index contributed by atoms with van der Waals surface area (Å²) in [5, 5.41) is 18.5. The molecule has 1 aliphatic rings. The number of amides is 1. The molecule has 3 aromatic rings. The van der Waals surface area contributed by atoms with Gasteiger partial charge in [-0.2, -0.15) is 5.26 Å². The number of hydrogen-bond donors (Lipinski definition) is 1. The SMILES string of the molecule is N#Cc1ccc(OCC(=O)O)c(C2c3cc(F)c(F)cc3CCN2C(=O)OCc2ccccc2)c1. The second-order valence-electron chi connectivity index (χ2n) is 7.90. The number of benzene rings is 3. The van der Waals surface area contributed by atoms with E-state index in [2.05, 4.69) is 0 Å². The minimum atomic E-state index is -1.23. The van der Waals surface area contributed by atoms with Gasteiger partial charge in [0.2, 0.25) is 0 Å². The molecule has 1 atom stereocenters. The van der Waals surface area contributed by atoms with Crippen LogP contribution in [0.2, 0.25) is 0 Å². The van der Waals surface area contributed by atoms with Gasteiger partial charge in [-0.3, -0.25) is 4.90 Å². The van der Waals surface area contributed by atoms with E-state index in [1.54, 1.807) is 24.3 Å². The van der Waals surface area contributed by atoms with Crippen LogP contribution in [0.5, 0.6) is 5.75 Å². The smallest absolute Gasteiger partial charge is 0.410 e. The maximum absolute atomic E-state index is 14.3. The summed E-state index contributed by atoms with van der Waals surface area (Å²) in [6, 6.07) is 16.4. The van der Waals surface area contributed by atoms with Crippen LogP contribution in [-0.2, 0) is 22.6 Å². The molecular formula is C26H20F2N2O5. The van der Waals surface area contributed by atoms with Crippen molar-refractivity contribution in [3.8, 4) is 11.8 Å². The standard InChI is InChI=1S/C26H20F2N2O5/c27-21-11-18-8-9-30(26(33)35-14-16-4-2-1-3-5-16)25(19(18)12-22(21)28)20-10-17(13-29)6-7-23(20)34-15-24(31)32/h1-7,10-12,25H,8-9,14-15H2,(H,31,32). The van der Waals surface area contributed by atoms with Crippen molar-refractivity contribution in [2.75, 3.05) is 13.2 Å². The van der Waals surface area contributed by atoms with Crippen LogP contribution in [0.25, 0.3) is 0 Å². The Morgan fingerprint density at radius 1 is 1.06 bits per heavy atom. The Balaban J connectivity index is 1.78. The lowest BCUT2D eigenvalue weighted by Crippen LogP contribution is -2.41. The van der Waals surface area contributed by atoms with Crippen LogP contribution in [0, 0.1) is 23.0 Å². The molecule has 35 heavy (non-hydrogen) atoms. The van der Waals surface area contributed by atoms with E-state index in [9.17, 15) is 23.6 Å². The number of aliphatic carboxylic acids is 1. The van der Waals surface area contributed by atoms with E-state index in [0.717, 1.165) is 17.7 Å². The minimum Gasteiger partial charge on any atom is -0.482 e. The van der Waals surface area contributed by atoms with E-state index in [4.69, 9.17) is 14.6 Å². The molecule has 0 aromatic heterocycles. The number of hydrogen-bond acceptors (Lipinski definition) is 5. The van der Waals surface area contributed by atoms with Gasteiger partial charge >= 0.3 is 12.1 Å². The van der Waals surface area contributed by atoms with E-state index in [0.29, 0.717) is 11.1 Å². The monoisotopic (exact) mass is 478 g/mol. The van der Waals surface area contributed by atoms with Gasteiger partial charge in [0.05, 0.1) is 17.7 Å². The zero-order valence-corrected chi connectivity index (χ0v) is 18.4. The summed E-state index contributed by atoms with van der Waals surface area (Å²) < 4.78 is 39.2. The molecule has 0 spiro atoms. The van der Waals surface area contributed by atoms with Crippen molar-refractivity contribution in [3.05, 3.63) is 100 Å². The van der Waals surface area contributed by atoms with E-state index in [1.165, 1.54) is 23.1 Å². The highest BCUT2D eigenvalue weighted by Crippen LogP contribution is 2.41. The van der Waals surface area contributed by atoms with Crippen molar-refractivity contribution in [1.29, 1.82) is 5.26 Å². The van der Waals surface area contributed by atoms with E-state index in [1.807, 2.05) is 12.1 Å². The first-order valence-corrected chi connectivity index (χ1v) is 10.7. The Morgan fingerprint density at radius 3 is 2.51 bits per heavy atom. The normalized spacial score (nSPS) is 14.5. The highest BCUT2D eigenvalue weighted by Gasteiger charge is 2.36. The Morgan fingerprint density at radius 2 is 1.80 bits per heavy atom. The molecule has 0 radical (unpaired) electrons. The summed E-state index contributed by atoms with van der Waals surface area (Å²) >= 11 is 0. The zero-order valence-electron chi connectivity index (χ0n) is 18.4. The van der Waals surface area contributed by atoms with Crippen molar-refractivity contribution < 1.29 is 33.0 Å². The first-order chi connectivity index (χ1) is 16.9. The number of ether oxygens (including phenoxy) is 2. The maximum Gasteiger partial charge on any atom is 0.410 e. The molecule has 1 heterocycles. The lowest BCUT2D eigenvalue weighted by Gasteiger charge is -2.37. The fraction of sp³-hybridized carbons (Fsp3) is 0.192. The number of carbonyl (C=O) groups is 2. The van der Waals surface area contributed by atoms with Crippen LogP contribution in [0.4, 0.5) is 13.6 Å². The predicted molar refractivity (Wildman–Crippen MR) is 120 cm³/mol. The van der Waals surface area contributed by atoms with Crippen LogP contribution in [0.3, 0.4) is 0 Å². The summed E-state index contributed by atoms with van der Waals surface area (Å²) in [5.41, 5.74) is 2.01. The molecule has 0 saturated carbocycles. The van der Waals surface area contributed by atoms with Gasteiger partial charge in [-0.25, -0.2) is 18.4 Å². The number of carboxylic acids is 1. The van der Waals surface area contributed by atoms with Crippen molar-refractivity contribution in [3.63, 3.8) is 0 Å². The van der Waals surface area contributed by atoms with Crippen molar-refractivity contribution in [2.45, 2.75) is 19.1 Å². The van der Waals surface area contributed by atoms with E-state index >= 15 is 0 Å². The molecule has 7 nitrogen and oxygen atoms in total. The molecule has 0 aliphatic carbocycles. The average molecular weight is 478 g/mol. The van der Waals surface area contributed by atoms with Crippen LogP contribution in [-0.4, -0.2) is 35.2 Å². The molecule has 1 N–H and O–H groups in total. The van der Waals surface area contributed by atoms with Crippen molar-refractivity contribution in [2.24, 2.45) is 0 Å². The first kappa shape index (κ1) is 23.7. The van der Waals surface area contributed by atoms with Crippen LogP contribution >= 0.6 is 0 Å². The Hall–Kier alpha value is -4.45. The van der Waals surface area contributed by atoms with Gasteiger partial charge in [0.15, 0.2) is 18.2 Å². The summed E-state index contributed by atoms with van der Waals surface area (Å²) in [6.07, 6.45) is -0.465. The number of nitrogens with zero attached hydrogens (tertiary/aromatic N) is 2. The molecule has 1 unspecified atom stereocenters. The Labute approximate surface area is 199 Å². The predicted octanol–water partition coefficient (Wildman–Crippen LogP) is 4.58. The van der Waals surface area contributed by atoms with Gasteiger partial charge in [-0.1, -0.05) is 30.3 Å². The van der Waals surface area contributed by atoms with E-state index < -0.39 is 36.3 Å².